The lowest BCUT2D eigenvalue weighted by atomic mass is 9.74. The molecular formula is C19H25NO4. The standard InChI is InChI=1S/C19H25NO4/c1-18(2,3)24-17(22)20-10-8-19(9-11-20)12-14(21)16-13(19)6-5-7-15(16)23-4/h5-7H,8-12H2,1-4H3. The molecule has 1 aliphatic heterocycles. The average Bonchev–Trinajstić information content (AvgIpc) is 2.79. The molecule has 5 heteroatoms. The highest BCUT2D eigenvalue weighted by atomic mass is 16.6. The third-order valence-electron chi connectivity index (χ3n) is 4.97. The highest BCUT2D eigenvalue weighted by Gasteiger charge is 2.47. The normalized spacial score (nSPS) is 19.3. The lowest BCUT2D eigenvalue weighted by Gasteiger charge is -2.40. The van der Waals surface area contributed by atoms with Gasteiger partial charge in [0.25, 0.3) is 0 Å². The van der Waals surface area contributed by atoms with Crippen molar-refractivity contribution in [1.29, 1.82) is 0 Å². The van der Waals surface area contributed by atoms with Crippen LogP contribution in [0.5, 0.6) is 5.75 Å². The highest BCUT2D eigenvalue weighted by molar-refractivity contribution is 6.04. The average molecular weight is 331 g/mol. The van der Waals surface area contributed by atoms with Crippen LogP contribution in [0.1, 0.15) is 56.0 Å². The molecule has 1 saturated heterocycles. The first-order valence-corrected chi connectivity index (χ1v) is 8.44. The Hall–Kier alpha value is -2.04. The SMILES string of the molecule is COc1cccc2c1C(=O)CC21CCN(C(=O)OC(C)(C)C)CC1. The van der Waals surface area contributed by atoms with E-state index in [0.717, 1.165) is 24.0 Å². The monoisotopic (exact) mass is 331 g/mol. The number of benzene rings is 1. The van der Waals surface area contributed by atoms with Crippen molar-refractivity contribution in [2.75, 3.05) is 20.2 Å². The Kier molecular flexibility index (Phi) is 4.06. The summed E-state index contributed by atoms with van der Waals surface area (Å²) in [6.07, 6.45) is 1.79. The van der Waals surface area contributed by atoms with E-state index in [2.05, 4.69) is 0 Å². The number of amides is 1. The minimum atomic E-state index is -0.491. The van der Waals surface area contributed by atoms with E-state index in [0.29, 0.717) is 25.3 Å². The molecule has 1 aliphatic carbocycles. The minimum absolute atomic E-state index is 0.146. The van der Waals surface area contributed by atoms with Gasteiger partial charge in [-0.1, -0.05) is 12.1 Å². The Balaban J connectivity index is 1.78. The number of carbonyl (C=O) groups excluding carboxylic acids is 2. The molecule has 0 bridgehead atoms. The van der Waals surface area contributed by atoms with Crippen LogP contribution in [0.2, 0.25) is 0 Å². The number of likely N-dealkylation sites (tertiary alicyclic amines) is 1. The summed E-state index contributed by atoms with van der Waals surface area (Å²) in [6.45, 7) is 6.83. The summed E-state index contributed by atoms with van der Waals surface area (Å²) in [5, 5.41) is 0. The molecule has 0 radical (unpaired) electrons. The zero-order valence-corrected chi connectivity index (χ0v) is 14.8. The molecule has 0 unspecified atom stereocenters. The quantitative estimate of drug-likeness (QED) is 0.790. The van der Waals surface area contributed by atoms with Gasteiger partial charge in [0, 0.05) is 24.9 Å². The van der Waals surface area contributed by atoms with Gasteiger partial charge in [-0.15, -0.1) is 0 Å². The fourth-order valence-corrected chi connectivity index (χ4v) is 3.81. The molecule has 2 aliphatic rings. The molecule has 1 fully saturated rings. The van der Waals surface area contributed by atoms with Crippen LogP contribution < -0.4 is 4.74 Å². The third-order valence-corrected chi connectivity index (χ3v) is 4.97. The van der Waals surface area contributed by atoms with Gasteiger partial charge in [-0.25, -0.2) is 4.79 Å². The maximum Gasteiger partial charge on any atom is 0.410 e. The number of piperidine rings is 1. The molecule has 1 heterocycles. The molecule has 5 nitrogen and oxygen atoms in total. The van der Waals surface area contributed by atoms with Crippen molar-refractivity contribution in [2.24, 2.45) is 0 Å². The minimum Gasteiger partial charge on any atom is -0.496 e. The molecule has 1 amide bonds. The first-order valence-electron chi connectivity index (χ1n) is 8.44. The zero-order valence-electron chi connectivity index (χ0n) is 14.8. The third kappa shape index (κ3) is 2.87. The van der Waals surface area contributed by atoms with Crippen LogP contribution in [0.15, 0.2) is 18.2 Å². The lowest BCUT2D eigenvalue weighted by Crippen LogP contribution is -2.46. The van der Waals surface area contributed by atoms with Crippen LogP contribution in [0.4, 0.5) is 4.79 Å². The molecule has 130 valence electrons. The van der Waals surface area contributed by atoms with E-state index < -0.39 is 5.60 Å². The maximum atomic E-state index is 12.5. The predicted octanol–water partition coefficient (Wildman–Crippen LogP) is 3.55. The largest absolute Gasteiger partial charge is 0.496 e. The van der Waals surface area contributed by atoms with Crippen molar-refractivity contribution in [2.45, 2.75) is 51.0 Å². The van der Waals surface area contributed by atoms with Crippen LogP contribution in [0.25, 0.3) is 0 Å². The number of carbonyl (C=O) groups is 2. The van der Waals surface area contributed by atoms with E-state index in [1.165, 1.54) is 0 Å². The van der Waals surface area contributed by atoms with Gasteiger partial charge in [-0.2, -0.15) is 0 Å². The molecule has 1 aromatic rings. The Morgan fingerprint density at radius 3 is 2.46 bits per heavy atom. The van der Waals surface area contributed by atoms with Crippen molar-refractivity contribution in [1.82, 2.24) is 4.90 Å². The van der Waals surface area contributed by atoms with E-state index in [-0.39, 0.29) is 17.3 Å². The van der Waals surface area contributed by atoms with Crippen LogP contribution in [-0.4, -0.2) is 42.6 Å². The molecule has 3 rings (SSSR count). The number of ketones is 1. The zero-order chi connectivity index (χ0) is 17.5. The summed E-state index contributed by atoms with van der Waals surface area (Å²) in [6, 6.07) is 5.82. The van der Waals surface area contributed by atoms with Crippen molar-refractivity contribution in [3.05, 3.63) is 29.3 Å². The Labute approximate surface area is 142 Å². The fraction of sp³-hybridized carbons (Fsp3) is 0.579. The number of rotatable bonds is 1. The second-order valence-electron chi connectivity index (χ2n) is 7.73. The summed E-state index contributed by atoms with van der Waals surface area (Å²) in [5.74, 6) is 0.803. The number of hydrogen-bond acceptors (Lipinski definition) is 4. The second-order valence-corrected chi connectivity index (χ2v) is 7.73. The lowest BCUT2D eigenvalue weighted by molar-refractivity contribution is 0.0166. The summed E-state index contributed by atoms with van der Waals surface area (Å²) >= 11 is 0. The first kappa shape index (κ1) is 16.8. The molecule has 0 saturated carbocycles. The van der Waals surface area contributed by atoms with Crippen molar-refractivity contribution >= 4 is 11.9 Å². The van der Waals surface area contributed by atoms with Gasteiger partial charge in [0.05, 0.1) is 12.7 Å². The van der Waals surface area contributed by atoms with Gasteiger partial charge in [0.15, 0.2) is 5.78 Å². The fourth-order valence-electron chi connectivity index (χ4n) is 3.81. The summed E-state index contributed by atoms with van der Waals surface area (Å²) in [7, 11) is 1.60. The van der Waals surface area contributed by atoms with Gasteiger partial charge in [0.2, 0.25) is 0 Å². The number of nitrogens with zero attached hydrogens (tertiary/aromatic N) is 1. The van der Waals surface area contributed by atoms with Gasteiger partial charge in [0.1, 0.15) is 11.4 Å². The maximum absolute atomic E-state index is 12.5. The van der Waals surface area contributed by atoms with Gasteiger partial charge in [-0.05, 0) is 45.2 Å². The van der Waals surface area contributed by atoms with Crippen LogP contribution in [0.3, 0.4) is 0 Å². The highest BCUT2D eigenvalue weighted by Crippen LogP contribution is 2.48. The summed E-state index contributed by atoms with van der Waals surface area (Å²) in [4.78, 5) is 26.5. The van der Waals surface area contributed by atoms with Crippen LogP contribution >= 0.6 is 0 Å². The van der Waals surface area contributed by atoms with E-state index >= 15 is 0 Å². The molecular weight excluding hydrogens is 306 g/mol. The Morgan fingerprint density at radius 2 is 1.88 bits per heavy atom. The van der Waals surface area contributed by atoms with E-state index in [1.54, 1.807) is 12.0 Å². The van der Waals surface area contributed by atoms with E-state index in [1.807, 2.05) is 39.0 Å². The van der Waals surface area contributed by atoms with E-state index in [9.17, 15) is 9.59 Å². The molecule has 0 atom stereocenters. The second kappa shape index (κ2) is 5.80. The van der Waals surface area contributed by atoms with Crippen molar-refractivity contribution in [3.63, 3.8) is 0 Å². The summed E-state index contributed by atoms with van der Waals surface area (Å²) in [5.41, 5.74) is 1.15. The van der Waals surface area contributed by atoms with Crippen LogP contribution in [-0.2, 0) is 10.2 Å². The number of methoxy groups -OCH3 is 1. The van der Waals surface area contributed by atoms with Crippen molar-refractivity contribution in [3.8, 4) is 5.75 Å². The predicted molar refractivity (Wildman–Crippen MR) is 90.7 cm³/mol. The molecule has 24 heavy (non-hydrogen) atoms. The molecule has 0 aromatic heterocycles. The number of Topliss-reactive ketones (excluding diaryl/α,β-unsaturated/α-hetero) is 1. The van der Waals surface area contributed by atoms with Gasteiger partial charge in [-0.3, -0.25) is 4.79 Å². The first-order chi connectivity index (χ1) is 11.3. The topological polar surface area (TPSA) is 55.8 Å². The smallest absolute Gasteiger partial charge is 0.410 e. The number of ether oxygens (including phenoxy) is 2. The van der Waals surface area contributed by atoms with E-state index in [4.69, 9.17) is 9.47 Å². The Bertz CT molecular complexity index is 666. The molecule has 0 N–H and O–H groups in total. The van der Waals surface area contributed by atoms with Crippen molar-refractivity contribution < 1.29 is 19.1 Å². The number of hydrogen-bond donors (Lipinski definition) is 0. The van der Waals surface area contributed by atoms with Crippen LogP contribution in [0, 0.1) is 0 Å². The Morgan fingerprint density at radius 1 is 1.21 bits per heavy atom. The number of fused-ring (bicyclic) bond motifs is 2. The van der Waals surface area contributed by atoms with Gasteiger partial charge >= 0.3 is 6.09 Å². The molecule has 1 aromatic carbocycles. The summed E-state index contributed by atoms with van der Waals surface area (Å²) < 4.78 is 10.8. The van der Waals surface area contributed by atoms with Gasteiger partial charge < -0.3 is 14.4 Å². The molecule has 1 spiro atoms.